The molecule has 4 fully saturated rings. The first-order valence-corrected chi connectivity index (χ1v) is 10.5. The first-order valence-electron chi connectivity index (χ1n) is 10.5. The smallest absolute Gasteiger partial charge is 0.247 e. The molecular formula is C22H31N3O3. The number of nitrogens with zero attached hydrogens (tertiary/aromatic N) is 1. The summed E-state index contributed by atoms with van der Waals surface area (Å²) in [5.74, 6) is 2.50. The van der Waals surface area contributed by atoms with Gasteiger partial charge in [0.2, 0.25) is 17.7 Å². The van der Waals surface area contributed by atoms with Crippen molar-refractivity contribution in [2.75, 3.05) is 12.4 Å². The molecule has 4 aliphatic rings. The van der Waals surface area contributed by atoms with Gasteiger partial charge < -0.3 is 15.4 Å². The van der Waals surface area contributed by atoms with Crippen LogP contribution in [0.15, 0.2) is 18.3 Å². The van der Waals surface area contributed by atoms with Gasteiger partial charge in [0.15, 0.2) is 0 Å². The number of carbonyl (C=O) groups is 2. The van der Waals surface area contributed by atoms with Crippen molar-refractivity contribution in [3.63, 3.8) is 0 Å². The molecule has 1 atom stereocenters. The lowest BCUT2D eigenvalue weighted by molar-refractivity contribution is -0.148. The Morgan fingerprint density at radius 2 is 1.71 bits per heavy atom. The standard InChI is InChI=1S/C22H31N3O3/c1-13(2)19(20(26)24-17-4-5-18(28-3)23-12-17)25-21(27)22-9-14-6-15(10-22)8-16(7-14)11-22/h4-5,12-16,19H,6-11H2,1-3H3,(H,24,26)(H,25,27)/t14?,15?,16?,19-,22?/m0/s1. The summed E-state index contributed by atoms with van der Waals surface area (Å²) in [6, 6.07) is 2.90. The highest BCUT2D eigenvalue weighted by Gasteiger charge is 2.55. The van der Waals surface area contributed by atoms with E-state index in [-0.39, 0.29) is 23.1 Å². The van der Waals surface area contributed by atoms with E-state index in [9.17, 15) is 9.59 Å². The number of ether oxygens (including phenoxy) is 1. The quantitative estimate of drug-likeness (QED) is 0.787. The highest BCUT2D eigenvalue weighted by Crippen LogP contribution is 2.60. The van der Waals surface area contributed by atoms with Crippen molar-refractivity contribution in [1.82, 2.24) is 10.3 Å². The van der Waals surface area contributed by atoms with Gasteiger partial charge in [-0.25, -0.2) is 4.98 Å². The van der Waals surface area contributed by atoms with Gasteiger partial charge in [-0.2, -0.15) is 0 Å². The number of anilines is 1. The van der Waals surface area contributed by atoms with Gasteiger partial charge in [-0.15, -0.1) is 0 Å². The van der Waals surface area contributed by atoms with Crippen LogP contribution >= 0.6 is 0 Å². The summed E-state index contributed by atoms with van der Waals surface area (Å²) in [7, 11) is 1.55. The summed E-state index contributed by atoms with van der Waals surface area (Å²) in [4.78, 5) is 30.3. The Kier molecular flexibility index (Phi) is 5.06. The topological polar surface area (TPSA) is 80.3 Å². The number of aromatic nitrogens is 1. The molecule has 4 aliphatic carbocycles. The van der Waals surface area contributed by atoms with Crippen molar-refractivity contribution in [2.24, 2.45) is 29.1 Å². The van der Waals surface area contributed by atoms with Crippen LogP contribution in [0.2, 0.25) is 0 Å². The van der Waals surface area contributed by atoms with Gasteiger partial charge in [0.05, 0.1) is 19.0 Å². The summed E-state index contributed by atoms with van der Waals surface area (Å²) >= 11 is 0. The van der Waals surface area contributed by atoms with E-state index in [4.69, 9.17) is 4.74 Å². The SMILES string of the molecule is COc1ccc(NC(=O)[C@@H](NC(=O)C23CC4CC(CC(C4)C2)C3)C(C)C)cn1. The Bertz CT molecular complexity index is 709. The third kappa shape index (κ3) is 3.61. The monoisotopic (exact) mass is 385 g/mol. The van der Waals surface area contributed by atoms with Crippen LogP contribution in [0.1, 0.15) is 52.4 Å². The van der Waals surface area contributed by atoms with E-state index in [1.165, 1.54) is 19.3 Å². The molecule has 2 N–H and O–H groups in total. The second-order valence-corrected chi connectivity index (χ2v) is 9.47. The molecule has 0 aromatic carbocycles. The van der Waals surface area contributed by atoms with Gasteiger partial charge in [0.25, 0.3) is 0 Å². The van der Waals surface area contributed by atoms with Crippen molar-refractivity contribution < 1.29 is 14.3 Å². The summed E-state index contributed by atoms with van der Waals surface area (Å²) in [5.41, 5.74) is 0.351. The summed E-state index contributed by atoms with van der Waals surface area (Å²) in [6.07, 6.45) is 8.45. The molecule has 0 saturated heterocycles. The lowest BCUT2D eigenvalue weighted by Crippen LogP contribution is -2.57. The van der Waals surface area contributed by atoms with Gasteiger partial charge in [-0.1, -0.05) is 13.8 Å². The number of pyridine rings is 1. The highest BCUT2D eigenvalue weighted by atomic mass is 16.5. The van der Waals surface area contributed by atoms with Crippen LogP contribution in [-0.2, 0) is 9.59 Å². The molecule has 1 heterocycles. The third-order valence-electron chi connectivity index (χ3n) is 6.97. The molecule has 1 aromatic heterocycles. The maximum absolute atomic E-state index is 13.3. The number of hydrogen-bond acceptors (Lipinski definition) is 4. The third-order valence-corrected chi connectivity index (χ3v) is 6.97. The fraction of sp³-hybridized carbons (Fsp3) is 0.682. The Morgan fingerprint density at radius 1 is 1.11 bits per heavy atom. The van der Waals surface area contributed by atoms with E-state index in [2.05, 4.69) is 15.6 Å². The zero-order valence-corrected chi connectivity index (χ0v) is 17.0. The van der Waals surface area contributed by atoms with E-state index < -0.39 is 6.04 Å². The van der Waals surface area contributed by atoms with E-state index in [1.807, 2.05) is 13.8 Å². The predicted octanol–water partition coefficient (Wildman–Crippen LogP) is 3.39. The van der Waals surface area contributed by atoms with Crippen molar-refractivity contribution in [1.29, 1.82) is 0 Å². The van der Waals surface area contributed by atoms with Gasteiger partial charge >= 0.3 is 0 Å². The summed E-state index contributed by atoms with van der Waals surface area (Å²) in [6.45, 7) is 3.94. The van der Waals surface area contributed by atoms with E-state index in [0.29, 0.717) is 29.3 Å². The maximum atomic E-state index is 13.3. The van der Waals surface area contributed by atoms with Crippen LogP contribution in [0.5, 0.6) is 5.88 Å². The fourth-order valence-corrected chi connectivity index (χ4v) is 6.01. The Labute approximate surface area is 166 Å². The minimum atomic E-state index is -0.553. The number of rotatable bonds is 6. The minimum Gasteiger partial charge on any atom is -0.481 e. The predicted molar refractivity (Wildman–Crippen MR) is 107 cm³/mol. The average Bonchev–Trinajstić information content (AvgIpc) is 2.65. The van der Waals surface area contributed by atoms with E-state index in [1.54, 1.807) is 25.4 Å². The van der Waals surface area contributed by atoms with Gasteiger partial charge in [0.1, 0.15) is 6.04 Å². The molecule has 6 heteroatoms. The molecule has 152 valence electrons. The summed E-state index contributed by atoms with van der Waals surface area (Å²) in [5, 5.41) is 6.00. The largest absolute Gasteiger partial charge is 0.481 e. The highest BCUT2D eigenvalue weighted by molar-refractivity contribution is 5.98. The second kappa shape index (κ2) is 7.37. The molecule has 2 amide bonds. The van der Waals surface area contributed by atoms with E-state index >= 15 is 0 Å². The van der Waals surface area contributed by atoms with Gasteiger partial charge in [-0.3, -0.25) is 9.59 Å². The van der Waals surface area contributed by atoms with Gasteiger partial charge in [-0.05, 0) is 68.3 Å². The zero-order valence-electron chi connectivity index (χ0n) is 17.0. The number of amides is 2. The molecule has 0 spiro atoms. The molecule has 4 saturated carbocycles. The van der Waals surface area contributed by atoms with Crippen LogP contribution in [0.4, 0.5) is 5.69 Å². The zero-order chi connectivity index (χ0) is 19.9. The Morgan fingerprint density at radius 3 is 2.18 bits per heavy atom. The lowest BCUT2D eigenvalue weighted by atomic mass is 9.49. The maximum Gasteiger partial charge on any atom is 0.247 e. The van der Waals surface area contributed by atoms with Crippen LogP contribution < -0.4 is 15.4 Å². The second-order valence-electron chi connectivity index (χ2n) is 9.47. The number of nitrogens with one attached hydrogen (secondary N) is 2. The van der Waals surface area contributed by atoms with Crippen molar-refractivity contribution in [2.45, 2.75) is 58.4 Å². The minimum absolute atomic E-state index is 0.00377. The van der Waals surface area contributed by atoms with E-state index in [0.717, 1.165) is 19.3 Å². The molecule has 0 aliphatic heterocycles. The lowest BCUT2D eigenvalue weighted by Gasteiger charge is -2.55. The van der Waals surface area contributed by atoms with Crippen LogP contribution in [0.3, 0.4) is 0 Å². The molecule has 4 bridgehead atoms. The molecule has 0 radical (unpaired) electrons. The van der Waals surface area contributed by atoms with Gasteiger partial charge in [0, 0.05) is 11.5 Å². The van der Waals surface area contributed by atoms with Crippen LogP contribution in [0.25, 0.3) is 0 Å². The summed E-state index contributed by atoms with van der Waals surface area (Å²) < 4.78 is 5.05. The molecular weight excluding hydrogens is 354 g/mol. The van der Waals surface area contributed by atoms with Crippen molar-refractivity contribution in [3.05, 3.63) is 18.3 Å². The van der Waals surface area contributed by atoms with Crippen molar-refractivity contribution >= 4 is 17.5 Å². The molecule has 28 heavy (non-hydrogen) atoms. The average molecular weight is 386 g/mol. The Hall–Kier alpha value is -2.11. The van der Waals surface area contributed by atoms with Crippen LogP contribution in [0, 0.1) is 29.1 Å². The molecule has 1 aromatic rings. The molecule has 0 unspecified atom stereocenters. The number of methoxy groups -OCH3 is 1. The Balaban J connectivity index is 1.44. The van der Waals surface area contributed by atoms with Crippen LogP contribution in [-0.4, -0.2) is 29.9 Å². The normalized spacial score (nSPS) is 31.5. The van der Waals surface area contributed by atoms with Crippen molar-refractivity contribution in [3.8, 4) is 5.88 Å². The number of hydrogen-bond donors (Lipinski definition) is 2. The number of carbonyl (C=O) groups excluding carboxylic acids is 2. The molecule has 6 nitrogen and oxygen atoms in total. The molecule has 5 rings (SSSR count). The first-order chi connectivity index (χ1) is 13.4. The fourth-order valence-electron chi connectivity index (χ4n) is 6.01. The first kappa shape index (κ1) is 19.2.